The van der Waals surface area contributed by atoms with Gasteiger partial charge in [0.25, 0.3) is 0 Å². The molecule has 2 aromatic carbocycles. The number of halogens is 2. The van der Waals surface area contributed by atoms with Crippen molar-refractivity contribution in [1.29, 1.82) is 5.26 Å². The topological polar surface area (TPSA) is 70.3 Å². The zero-order valence-electron chi connectivity index (χ0n) is 11.8. The first-order valence-electron chi connectivity index (χ1n) is 6.51. The molecule has 0 aliphatic rings. The molecule has 0 heterocycles. The number of benzene rings is 2. The molecule has 23 heavy (non-hydrogen) atoms. The maximum absolute atomic E-state index is 11.0. The van der Waals surface area contributed by atoms with Crippen LogP contribution in [0.4, 0.5) is 0 Å². The first-order chi connectivity index (χ1) is 11.0. The van der Waals surface area contributed by atoms with E-state index >= 15 is 0 Å². The fourth-order valence-corrected chi connectivity index (χ4v) is 2.24. The Morgan fingerprint density at radius 2 is 1.96 bits per heavy atom. The Labute approximate surface area is 143 Å². The first-order valence-corrected chi connectivity index (χ1v) is 7.27. The molecular weight excluding hydrogens is 337 g/mol. The number of ether oxygens (including phenoxy) is 1. The van der Waals surface area contributed by atoms with Gasteiger partial charge in [0, 0.05) is 15.6 Å². The van der Waals surface area contributed by atoms with Crippen molar-refractivity contribution >= 4 is 35.2 Å². The molecule has 2 aromatic rings. The molecule has 0 saturated carbocycles. The molecule has 0 unspecified atom stereocenters. The van der Waals surface area contributed by atoms with Crippen LogP contribution in [0.3, 0.4) is 0 Å². The summed E-state index contributed by atoms with van der Waals surface area (Å²) >= 11 is 11.8. The highest BCUT2D eigenvalue weighted by molar-refractivity contribution is 6.31. The molecule has 0 aliphatic heterocycles. The van der Waals surface area contributed by atoms with E-state index in [4.69, 9.17) is 38.3 Å². The number of aliphatic carboxylic acids is 1. The molecule has 0 bridgehead atoms. The molecule has 0 aliphatic carbocycles. The Hall–Kier alpha value is -2.48. The van der Waals surface area contributed by atoms with Gasteiger partial charge in [-0.1, -0.05) is 35.3 Å². The van der Waals surface area contributed by atoms with E-state index in [0.29, 0.717) is 21.4 Å². The highest BCUT2D eigenvalue weighted by Crippen LogP contribution is 2.26. The lowest BCUT2D eigenvalue weighted by molar-refractivity contribution is -0.132. The van der Waals surface area contributed by atoms with E-state index in [9.17, 15) is 4.79 Å². The minimum absolute atomic E-state index is 0.248. The largest absolute Gasteiger partial charge is 0.488 e. The van der Waals surface area contributed by atoms with Crippen LogP contribution in [-0.2, 0) is 11.4 Å². The van der Waals surface area contributed by atoms with Crippen LogP contribution < -0.4 is 4.74 Å². The Morgan fingerprint density at radius 3 is 2.61 bits per heavy atom. The number of rotatable bonds is 5. The van der Waals surface area contributed by atoms with Gasteiger partial charge in [-0.25, -0.2) is 4.79 Å². The van der Waals surface area contributed by atoms with Gasteiger partial charge in [0.05, 0.1) is 0 Å². The summed E-state index contributed by atoms with van der Waals surface area (Å²) in [5.41, 5.74) is 0.875. The summed E-state index contributed by atoms with van der Waals surface area (Å²) in [5, 5.41) is 18.8. The molecule has 2 rings (SSSR count). The SMILES string of the molecule is N#CC(=Cc1cc(Cl)ccc1OCc1cccc(Cl)c1)C(=O)O. The quantitative estimate of drug-likeness (QED) is 0.635. The average Bonchev–Trinajstić information content (AvgIpc) is 2.51. The Kier molecular flexibility index (Phi) is 5.64. The van der Waals surface area contributed by atoms with Gasteiger partial charge in [0.2, 0.25) is 0 Å². The van der Waals surface area contributed by atoms with Gasteiger partial charge in [0.1, 0.15) is 24.0 Å². The van der Waals surface area contributed by atoms with Gasteiger partial charge in [-0.05, 0) is 42.0 Å². The summed E-state index contributed by atoms with van der Waals surface area (Å²) in [4.78, 5) is 11.0. The molecule has 116 valence electrons. The lowest BCUT2D eigenvalue weighted by atomic mass is 10.1. The molecule has 0 saturated heterocycles. The van der Waals surface area contributed by atoms with Crippen molar-refractivity contribution in [3.8, 4) is 11.8 Å². The highest BCUT2D eigenvalue weighted by Gasteiger charge is 2.10. The summed E-state index contributed by atoms with van der Waals surface area (Å²) < 4.78 is 5.69. The Morgan fingerprint density at radius 1 is 1.22 bits per heavy atom. The van der Waals surface area contributed by atoms with Crippen molar-refractivity contribution in [2.45, 2.75) is 6.61 Å². The monoisotopic (exact) mass is 347 g/mol. The van der Waals surface area contributed by atoms with Gasteiger partial charge in [-0.15, -0.1) is 0 Å². The smallest absolute Gasteiger partial charge is 0.346 e. The molecule has 0 spiro atoms. The second kappa shape index (κ2) is 7.68. The maximum atomic E-state index is 11.0. The second-order valence-electron chi connectivity index (χ2n) is 4.58. The summed E-state index contributed by atoms with van der Waals surface area (Å²) in [6, 6.07) is 13.6. The summed E-state index contributed by atoms with van der Waals surface area (Å²) in [6.45, 7) is 0.248. The summed E-state index contributed by atoms with van der Waals surface area (Å²) in [5.74, 6) is -0.892. The number of nitriles is 1. The normalized spacial score (nSPS) is 10.9. The van der Waals surface area contributed by atoms with E-state index in [1.54, 1.807) is 30.3 Å². The van der Waals surface area contributed by atoms with Crippen LogP contribution in [-0.4, -0.2) is 11.1 Å². The number of carboxylic acids is 1. The fourth-order valence-electron chi connectivity index (χ4n) is 1.85. The van der Waals surface area contributed by atoms with E-state index in [1.807, 2.05) is 12.1 Å². The molecule has 0 atom stereocenters. The van der Waals surface area contributed by atoms with Gasteiger partial charge in [0.15, 0.2) is 0 Å². The van der Waals surface area contributed by atoms with E-state index in [-0.39, 0.29) is 6.61 Å². The molecule has 6 heteroatoms. The maximum Gasteiger partial charge on any atom is 0.346 e. The first kappa shape index (κ1) is 16.9. The van der Waals surface area contributed by atoms with Crippen molar-refractivity contribution < 1.29 is 14.6 Å². The van der Waals surface area contributed by atoms with Crippen molar-refractivity contribution in [2.75, 3.05) is 0 Å². The van der Waals surface area contributed by atoms with Crippen molar-refractivity contribution in [3.05, 3.63) is 69.2 Å². The van der Waals surface area contributed by atoms with Crippen LogP contribution in [0.1, 0.15) is 11.1 Å². The zero-order chi connectivity index (χ0) is 16.8. The molecule has 4 nitrogen and oxygen atoms in total. The number of carboxylic acid groups (broad SMARTS) is 1. The fraction of sp³-hybridized carbons (Fsp3) is 0.0588. The van der Waals surface area contributed by atoms with E-state index in [2.05, 4.69) is 0 Å². The minimum atomic E-state index is -1.31. The van der Waals surface area contributed by atoms with Crippen LogP contribution in [0, 0.1) is 11.3 Å². The second-order valence-corrected chi connectivity index (χ2v) is 5.45. The zero-order valence-corrected chi connectivity index (χ0v) is 13.3. The molecular formula is C17H11Cl2NO3. The number of hydrogen-bond donors (Lipinski definition) is 1. The molecule has 0 radical (unpaired) electrons. The van der Waals surface area contributed by atoms with Crippen LogP contribution in [0.5, 0.6) is 5.75 Å². The summed E-state index contributed by atoms with van der Waals surface area (Å²) in [7, 11) is 0. The standard InChI is InChI=1S/C17H11Cl2NO3/c18-14-3-1-2-11(6-14)10-23-16-5-4-15(19)8-12(16)7-13(9-20)17(21)22/h1-8H,10H2,(H,21,22). The van der Waals surface area contributed by atoms with Crippen LogP contribution in [0.15, 0.2) is 48.0 Å². The van der Waals surface area contributed by atoms with Gasteiger partial charge in [-0.3, -0.25) is 0 Å². The van der Waals surface area contributed by atoms with E-state index in [1.165, 1.54) is 12.1 Å². The Balaban J connectivity index is 2.29. The van der Waals surface area contributed by atoms with E-state index in [0.717, 1.165) is 5.56 Å². The average molecular weight is 348 g/mol. The number of carbonyl (C=O) groups is 1. The molecule has 0 amide bonds. The van der Waals surface area contributed by atoms with Gasteiger partial charge < -0.3 is 9.84 Å². The van der Waals surface area contributed by atoms with Crippen LogP contribution in [0.2, 0.25) is 10.0 Å². The lowest BCUT2D eigenvalue weighted by Gasteiger charge is -2.10. The molecule has 0 aromatic heterocycles. The minimum Gasteiger partial charge on any atom is -0.488 e. The lowest BCUT2D eigenvalue weighted by Crippen LogP contribution is -2.00. The third-order valence-corrected chi connectivity index (χ3v) is 3.38. The van der Waals surface area contributed by atoms with Gasteiger partial charge in [-0.2, -0.15) is 5.26 Å². The number of hydrogen-bond acceptors (Lipinski definition) is 3. The third-order valence-electron chi connectivity index (χ3n) is 2.91. The number of nitrogens with zero attached hydrogens (tertiary/aromatic N) is 1. The van der Waals surface area contributed by atoms with Crippen molar-refractivity contribution in [2.24, 2.45) is 0 Å². The summed E-state index contributed by atoms with van der Waals surface area (Å²) in [6.07, 6.45) is 1.22. The van der Waals surface area contributed by atoms with Crippen LogP contribution in [0.25, 0.3) is 6.08 Å². The van der Waals surface area contributed by atoms with E-state index < -0.39 is 11.5 Å². The van der Waals surface area contributed by atoms with Crippen LogP contribution >= 0.6 is 23.2 Å². The predicted octanol–water partition coefficient (Wildman–Crippen LogP) is 4.56. The van der Waals surface area contributed by atoms with Crippen molar-refractivity contribution in [1.82, 2.24) is 0 Å². The predicted molar refractivity (Wildman–Crippen MR) is 88.5 cm³/mol. The Bertz CT molecular complexity index is 810. The third kappa shape index (κ3) is 4.75. The van der Waals surface area contributed by atoms with Gasteiger partial charge >= 0.3 is 5.97 Å². The highest BCUT2D eigenvalue weighted by atomic mass is 35.5. The molecule has 1 N–H and O–H groups in total. The molecule has 0 fully saturated rings. The van der Waals surface area contributed by atoms with Crippen molar-refractivity contribution in [3.63, 3.8) is 0 Å².